The summed E-state index contributed by atoms with van der Waals surface area (Å²) in [4.78, 5) is 29.0. The van der Waals surface area contributed by atoms with Crippen LogP contribution in [-0.4, -0.2) is 59.5 Å². The van der Waals surface area contributed by atoms with Gasteiger partial charge in [0.05, 0.1) is 12.2 Å². The molecule has 2 rings (SSSR count). The lowest BCUT2D eigenvalue weighted by molar-refractivity contribution is -0.155. The number of rotatable bonds is 4. The third kappa shape index (κ3) is 4.22. The first-order valence-electron chi connectivity index (χ1n) is 8.62. The third-order valence-corrected chi connectivity index (χ3v) is 4.45. The maximum atomic E-state index is 13.0. The Hall–Kier alpha value is -1.10. The van der Waals surface area contributed by atoms with Gasteiger partial charge < -0.3 is 14.5 Å². The number of likely N-dealkylation sites (tertiary alicyclic amines) is 1. The van der Waals surface area contributed by atoms with Crippen LogP contribution in [0.2, 0.25) is 0 Å². The summed E-state index contributed by atoms with van der Waals surface area (Å²) in [5.74, 6) is 0.630. The molecule has 0 radical (unpaired) electrons. The van der Waals surface area contributed by atoms with Crippen molar-refractivity contribution in [1.29, 1.82) is 0 Å². The van der Waals surface area contributed by atoms with Gasteiger partial charge in [0.2, 0.25) is 11.8 Å². The van der Waals surface area contributed by atoms with Gasteiger partial charge >= 0.3 is 0 Å². The van der Waals surface area contributed by atoms with E-state index in [4.69, 9.17) is 4.74 Å². The molecule has 5 heteroatoms. The van der Waals surface area contributed by atoms with E-state index in [0.29, 0.717) is 25.4 Å². The number of carbonyl (C=O) groups excluding carboxylic acids is 2. The van der Waals surface area contributed by atoms with Crippen LogP contribution >= 0.6 is 0 Å². The first kappa shape index (κ1) is 17.3. The largest absolute Gasteiger partial charge is 0.372 e. The molecule has 2 amide bonds. The Morgan fingerprint density at radius 1 is 1.23 bits per heavy atom. The van der Waals surface area contributed by atoms with E-state index in [-0.39, 0.29) is 30.1 Å². The minimum atomic E-state index is -0.301. The number of amides is 2. The van der Waals surface area contributed by atoms with E-state index < -0.39 is 0 Å². The molecule has 2 aliphatic rings. The molecule has 2 saturated heterocycles. The summed E-state index contributed by atoms with van der Waals surface area (Å²) in [5.41, 5.74) is 0. The highest BCUT2D eigenvalue weighted by Crippen LogP contribution is 2.22. The lowest BCUT2D eigenvalue weighted by atomic mass is 9.97. The summed E-state index contributed by atoms with van der Waals surface area (Å²) in [6.07, 6.45) is 3.39. The monoisotopic (exact) mass is 310 g/mol. The minimum absolute atomic E-state index is 0.0597. The van der Waals surface area contributed by atoms with Crippen molar-refractivity contribution in [3.63, 3.8) is 0 Å². The SMILES string of the molecule is CC(C)CC(C(=O)N1C[C@@H](C)O[C@@H](C)C1)N1CCCCC1=O. The van der Waals surface area contributed by atoms with Gasteiger partial charge in [-0.3, -0.25) is 9.59 Å². The van der Waals surface area contributed by atoms with Crippen LogP contribution in [0.4, 0.5) is 0 Å². The average Bonchev–Trinajstić information content (AvgIpc) is 2.43. The van der Waals surface area contributed by atoms with E-state index in [1.54, 1.807) is 0 Å². The summed E-state index contributed by atoms with van der Waals surface area (Å²) in [6.45, 7) is 10.2. The zero-order valence-corrected chi connectivity index (χ0v) is 14.4. The summed E-state index contributed by atoms with van der Waals surface area (Å²) in [5, 5.41) is 0. The number of nitrogens with zero attached hydrogens (tertiary/aromatic N) is 2. The number of hydrogen-bond acceptors (Lipinski definition) is 3. The number of ether oxygens (including phenoxy) is 1. The maximum absolute atomic E-state index is 13.0. The van der Waals surface area contributed by atoms with Crippen LogP contribution in [0.1, 0.15) is 53.4 Å². The van der Waals surface area contributed by atoms with Crippen molar-refractivity contribution in [2.45, 2.75) is 71.6 Å². The predicted octanol–water partition coefficient (Wildman–Crippen LogP) is 2.05. The van der Waals surface area contributed by atoms with Crippen molar-refractivity contribution in [3.8, 4) is 0 Å². The highest BCUT2D eigenvalue weighted by Gasteiger charge is 2.36. The van der Waals surface area contributed by atoms with E-state index >= 15 is 0 Å². The topological polar surface area (TPSA) is 49.9 Å². The third-order valence-electron chi connectivity index (χ3n) is 4.45. The molecule has 0 aromatic rings. The molecular weight excluding hydrogens is 280 g/mol. The van der Waals surface area contributed by atoms with Crippen LogP contribution in [0.5, 0.6) is 0 Å². The molecule has 0 spiro atoms. The van der Waals surface area contributed by atoms with Gasteiger partial charge in [0.25, 0.3) is 0 Å². The zero-order chi connectivity index (χ0) is 16.3. The summed E-state index contributed by atoms with van der Waals surface area (Å²) >= 11 is 0. The van der Waals surface area contributed by atoms with Gasteiger partial charge in [-0.25, -0.2) is 0 Å². The van der Waals surface area contributed by atoms with E-state index in [1.807, 2.05) is 23.6 Å². The maximum Gasteiger partial charge on any atom is 0.245 e. The molecule has 0 bridgehead atoms. The Morgan fingerprint density at radius 3 is 2.41 bits per heavy atom. The molecule has 22 heavy (non-hydrogen) atoms. The lowest BCUT2D eigenvalue weighted by Gasteiger charge is -2.41. The van der Waals surface area contributed by atoms with Gasteiger partial charge in [-0.2, -0.15) is 0 Å². The highest BCUT2D eigenvalue weighted by molar-refractivity contribution is 5.88. The first-order chi connectivity index (χ1) is 10.4. The van der Waals surface area contributed by atoms with Gasteiger partial charge in [-0.1, -0.05) is 13.8 Å². The Bertz CT molecular complexity index is 401. The second kappa shape index (κ2) is 7.44. The molecule has 2 aliphatic heterocycles. The van der Waals surface area contributed by atoms with E-state index in [1.165, 1.54) is 0 Å². The number of morpholine rings is 1. The Labute approximate surface area is 134 Å². The molecule has 126 valence electrons. The second-order valence-corrected chi connectivity index (χ2v) is 7.19. The molecule has 5 nitrogen and oxygen atoms in total. The van der Waals surface area contributed by atoms with Crippen molar-refractivity contribution in [3.05, 3.63) is 0 Å². The van der Waals surface area contributed by atoms with Gasteiger partial charge in [0, 0.05) is 26.1 Å². The average molecular weight is 310 g/mol. The Kier molecular flexibility index (Phi) is 5.84. The van der Waals surface area contributed by atoms with Crippen molar-refractivity contribution in [2.24, 2.45) is 5.92 Å². The molecule has 1 unspecified atom stereocenters. The molecule has 0 aliphatic carbocycles. The fraction of sp³-hybridized carbons (Fsp3) is 0.882. The molecule has 2 heterocycles. The predicted molar refractivity (Wildman–Crippen MR) is 85.4 cm³/mol. The van der Waals surface area contributed by atoms with Crippen LogP contribution in [0.25, 0.3) is 0 Å². The summed E-state index contributed by atoms with van der Waals surface area (Å²) in [6, 6.07) is -0.301. The number of carbonyl (C=O) groups is 2. The van der Waals surface area contributed by atoms with Gasteiger partial charge in [-0.15, -0.1) is 0 Å². The van der Waals surface area contributed by atoms with Crippen molar-refractivity contribution in [2.75, 3.05) is 19.6 Å². The first-order valence-corrected chi connectivity index (χ1v) is 8.62. The zero-order valence-electron chi connectivity index (χ0n) is 14.4. The van der Waals surface area contributed by atoms with Crippen molar-refractivity contribution >= 4 is 11.8 Å². The Morgan fingerprint density at radius 2 is 1.86 bits per heavy atom. The van der Waals surface area contributed by atoms with Gasteiger partial charge in [0.15, 0.2) is 0 Å². The highest BCUT2D eigenvalue weighted by atomic mass is 16.5. The van der Waals surface area contributed by atoms with Crippen LogP contribution in [-0.2, 0) is 14.3 Å². The Balaban J connectivity index is 2.13. The quantitative estimate of drug-likeness (QED) is 0.798. The van der Waals surface area contributed by atoms with E-state index in [9.17, 15) is 9.59 Å². The van der Waals surface area contributed by atoms with Crippen LogP contribution in [0, 0.1) is 5.92 Å². The molecule has 3 atom stereocenters. The summed E-state index contributed by atoms with van der Waals surface area (Å²) in [7, 11) is 0. The van der Waals surface area contributed by atoms with Gasteiger partial charge in [-0.05, 0) is 39.0 Å². The molecular formula is C17H30N2O3. The normalized spacial score (nSPS) is 28.1. The van der Waals surface area contributed by atoms with Crippen LogP contribution < -0.4 is 0 Å². The molecule has 2 fully saturated rings. The number of piperidine rings is 1. The number of hydrogen-bond donors (Lipinski definition) is 0. The molecule has 0 aromatic carbocycles. The molecule has 0 N–H and O–H groups in total. The standard InChI is InChI=1S/C17H30N2O3/c1-12(2)9-15(19-8-6-5-7-16(19)20)17(21)18-10-13(3)22-14(4)11-18/h12-15H,5-11H2,1-4H3/t13-,14+,15?. The van der Waals surface area contributed by atoms with Crippen molar-refractivity contribution < 1.29 is 14.3 Å². The smallest absolute Gasteiger partial charge is 0.245 e. The fourth-order valence-corrected chi connectivity index (χ4v) is 3.53. The minimum Gasteiger partial charge on any atom is -0.372 e. The lowest BCUT2D eigenvalue weighted by Crippen LogP contribution is -2.57. The van der Waals surface area contributed by atoms with Crippen LogP contribution in [0.15, 0.2) is 0 Å². The van der Waals surface area contributed by atoms with E-state index in [2.05, 4.69) is 13.8 Å². The second-order valence-electron chi connectivity index (χ2n) is 7.19. The van der Waals surface area contributed by atoms with E-state index in [0.717, 1.165) is 25.8 Å². The van der Waals surface area contributed by atoms with Gasteiger partial charge in [0.1, 0.15) is 6.04 Å². The summed E-state index contributed by atoms with van der Waals surface area (Å²) < 4.78 is 5.72. The molecule has 0 saturated carbocycles. The van der Waals surface area contributed by atoms with Crippen molar-refractivity contribution in [1.82, 2.24) is 9.80 Å². The molecule has 0 aromatic heterocycles. The fourth-order valence-electron chi connectivity index (χ4n) is 3.53. The van der Waals surface area contributed by atoms with Crippen LogP contribution in [0.3, 0.4) is 0 Å².